The van der Waals surface area contributed by atoms with E-state index in [4.69, 9.17) is 21.8 Å². The molecule has 0 atom stereocenters. The number of nitrogen functional groups attached to an aromatic ring is 1. The summed E-state index contributed by atoms with van der Waals surface area (Å²) in [5, 5.41) is 3.81. The Bertz CT molecular complexity index is 480. The van der Waals surface area contributed by atoms with Gasteiger partial charge in [-0.3, -0.25) is 0 Å². The second kappa shape index (κ2) is 4.49. The highest BCUT2D eigenvalue weighted by Crippen LogP contribution is 2.26. The van der Waals surface area contributed by atoms with Gasteiger partial charge in [-0.1, -0.05) is 11.6 Å². The van der Waals surface area contributed by atoms with Gasteiger partial charge in [-0.05, 0) is 36.8 Å². The summed E-state index contributed by atoms with van der Waals surface area (Å²) < 4.78 is 5.23. The van der Waals surface area contributed by atoms with E-state index in [9.17, 15) is 0 Å². The van der Waals surface area contributed by atoms with E-state index in [0.717, 1.165) is 17.0 Å². The molecule has 16 heavy (non-hydrogen) atoms. The predicted molar refractivity (Wildman–Crippen MR) is 66.6 cm³/mol. The Morgan fingerprint density at radius 3 is 2.94 bits per heavy atom. The molecule has 1 aromatic carbocycles. The molecule has 0 unspecified atom stereocenters. The van der Waals surface area contributed by atoms with Gasteiger partial charge in [0.1, 0.15) is 5.76 Å². The minimum Gasteiger partial charge on any atom is -0.467 e. The molecule has 2 rings (SSSR count). The lowest BCUT2D eigenvalue weighted by Crippen LogP contribution is -2.01. The molecule has 0 saturated heterocycles. The van der Waals surface area contributed by atoms with Gasteiger partial charge in [0, 0.05) is 5.69 Å². The summed E-state index contributed by atoms with van der Waals surface area (Å²) >= 11 is 5.96. The van der Waals surface area contributed by atoms with Crippen LogP contribution in [0.2, 0.25) is 5.02 Å². The quantitative estimate of drug-likeness (QED) is 0.803. The van der Waals surface area contributed by atoms with Crippen molar-refractivity contribution in [3.63, 3.8) is 0 Å². The van der Waals surface area contributed by atoms with E-state index in [1.165, 1.54) is 0 Å². The Kier molecular flexibility index (Phi) is 3.06. The van der Waals surface area contributed by atoms with Crippen molar-refractivity contribution >= 4 is 23.0 Å². The molecule has 0 spiro atoms. The predicted octanol–water partition coefficient (Wildman–Crippen LogP) is 3.44. The normalized spacial score (nSPS) is 10.4. The number of benzene rings is 1. The Morgan fingerprint density at radius 2 is 2.25 bits per heavy atom. The number of hydrogen-bond donors (Lipinski definition) is 2. The van der Waals surface area contributed by atoms with Crippen molar-refractivity contribution in [3.8, 4) is 0 Å². The molecule has 4 heteroatoms. The van der Waals surface area contributed by atoms with Crippen LogP contribution >= 0.6 is 11.6 Å². The molecule has 0 bridgehead atoms. The number of rotatable bonds is 3. The summed E-state index contributed by atoms with van der Waals surface area (Å²) in [5.74, 6) is 0.882. The van der Waals surface area contributed by atoms with Gasteiger partial charge in [0.15, 0.2) is 0 Å². The highest BCUT2D eigenvalue weighted by molar-refractivity contribution is 6.33. The van der Waals surface area contributed by atoms with Crippen LogP contribution in [0, 0.1) is 6.92 Å². The molecule has 84 valence electrons. The van der Waals surface area contributed by atoms with Gasteiger partial charge >= 0.3 is 0 Å². The van der Waals surface area contributed by atoms with Crippen molar-refractivity contribution in [1.82, 2.24) is 0 Å². The first kappa shape index (κ1) is 10.9. The largest absolute Gasteiger partial charge is 0.467 e. The molecule has 0 saturated carbocycles. The molecule has 1 heterocycles. The average Bonchev–Trinajstić information content (AvgIpc) is 2.74. The van der Waals surface area contributed by atoms with Gasteiger partial charge < -0.3 is 15.5 Å². The highest BCUT2D eigenvalue weighted by Gasteiger charge is 2.03. The summed E-state index contributed by atoms with van der Waals surface area (Å²) in [5.41, 5.74) is 8.33. The van der Waals surface area contributed by atoms with Crippen LogP contribution in [0.1, 0.15) is 11.3 Å². The molecule has 1 aromatic heterocycles. The van der Waals surface area contributed by atoms with Crippen LogP contribution in [0.5, 0.6) is 0 Å². The van der Waals surface area contributed by atoms with Crippen LogP contribution in [0.25, 0.3) is 0 Å². The van der Waals surface area contributed by atoms with Crippen molar-refractivity contribution in [2.75, 3.05) is 11.1 Å². The zero-order valence-electron chi connectivity index (χ0n) is 8.96. The van der Waals surface area contributed by atoms with Crippen molar-refractivity contribution in [3.05, 3.63) is 46.9 Å². The first-order chi connectivity index (χ1) is 7.66. The van der Waals surface area contributed by atoms with Gasteiger partial charge in [-0.25, -0.2) is 0 Å². The van der Waals surface area contributed by atoms with Crippen LogP contribution in [-0.4, -0.2) is 0 Å². The fourth-order valence-electron chi connectivity index (χ4n) is 1.49. The lowest BCUT2D eigenvalue weighted by atomic mass is 10.2. The van der Waals surface area contributed by atoms with E-state index in [1.54, 1.807) is 6.26 Å². The van der Waals surface area contributed by atoms with E-state index in [-0.39, 0.29) is 0 Å². The molecule has 0 aliphatic heterocycles. The number of halogens is 1. The number of anilines is 2. The van der Waals surface area contributed by atoms with Gasteiger partial charge in [0.05, 0.1) is 23.5 Å². The van der Waals surface area contributed by atoms with E-state index >= 15 is 0 Å². The van der Waals surface area contributed by atoms with Gasteiger partial charge in [0.2, 0.25) is 0 Å². The molecule has 0 fully saturated rings. The Hall–Kier alpha value is -1.61. The number of furan rings is 1. The third kappa shape index (κ3) is 2.31. The van der Waals surface area contributed by atoms with Gasteiger partial charge in [0.25, 0.3) is 0 Å². The monoisotopic (exact) mass is 236 g/mol. The van der Waals surface area contributed by atoms with Crippen molar-refractivity contribution < 1.29 is 4.42 Å². The minimum atomic E-state index is 0.563. The third-order valence-corrected chi connectivity index (χ3v) is 2.70. The molecule has 0 radical (unpaired) electrons. The van der Waals surface area contributed by atoms with Crippen LogP contribution < -0.4 is 11.1 Å². The maximum Gasteiger partial charge on any atom is 0.122 e. The second-order valence-electron chi connectivity index (χ2n) is 3.62. The van der Waals surface area contributed by atoms with E-state index in [1.807, 2.05) is 31.2 Å². The minimum absolute atomic E-state index is 0.563. The summed E-state index contributed by atoms with van der Waals surface area (Å²) in [6, 6.07) is 7.46. The first-order valence-electron chi connectivity index (χ1n) is 4.98. The van der Waals surface area contributed by atoms with Crippen LogP contribution in [-0.2, 0) is 6.54 Å². The number of aryl methyl sites for hydroxylation is 1. The molecule has 0 aliphatic carbocycles. The van der Waals surface area contributed by atoms with Crippen LogP contribution in [0.4, 0.5) is 11.4 Å². The van der Waals surface area contributed by atoms with Crippen LogP contribution in [0.15, 0.2) is 34.9 Å². The molecule has 0 amide bonds. The maximum absolute atomic E-state index is 5.96. The topological polar surface area (TPSA) is 51.2 Å². The zero-order valence-corrected chi connectivity index (χ0v) is 9.71. The van der Waals surface area contributed by atoms with Gasteiger partial charge in [-0.15, -0.1) is 0 Å². The average molecular weight is 237 g/mol. The molecule has 2 aromatic rings. The molecule has 3 N–H and O–H groups in total. The van der Waals surface area contributed by atoms with Gasteiger partial charge in [-0.2, -0.15) is 0 Å². The summed E-state index contributed by atoms with van der Waals surface area (Å²) in [6.07, 6.45) is 1.65. The lowest BCUT2D eigenvalue weighted by Gasteiger charge is -2.10. The number of nitrogens with one attached hydrogen (secondary N) is 1. The number of nitrogens with two attached hydrogens (primary N) is 1. The number of hydrogen-bond acceptors (Lipinski definition) is 3. The van der Waals surface area contributed by atoms with Crippen molar-refractivity contribution in [1.29, 1.82) is 0 Å². The van der Waals surface area contributed by atoms with Crippen LogP contribution in [0.3, 0.4) is 0 Å². The fourth-order valence-corrected chi connectivity index (χ4v) is 1.65. The maximum atomic E-state index is 5.96. The second-order valence-corrected chi connectivity index (χ2v) is 4.03. The molecular weight excluding hydrogens is 224 g/mol. The SMILES string of the molecule is Cc1cc(N)c(Cl)cc1NCc1ccco1. The lowest BCUT2D eigenvalue weighted by molar-refractivity contribution is 0.518. The Balaban J connectivity index is 2.12. The first-order valence-corrected chi connectivity index (χ1v) is 5.36. The van der Waals surface area contributed by atoms with E-state index in [0.29, 0.717) is 17.3 Å². The van der Waals surface area contributed by atoms with E-state index < -0.39 is 0 Å². The molecule has 3 nitrogen and oxygen atoms in total. The fraction of sp³-hybridized carbons (Fsp3) is 0.167. The third-order valence-electron chi connectivity index (χ3n) is 2.38. The summed E-state index contributed by atoms with van der Waals surface area (Å²) in [7, 11) is 0. The highest BCUT2D eigenvalue weighted by atomic mass is 35.5. The molecule has 0 aliphatic rings. The summed E-state index contributed by atoms with van der Waals surface area (Å²) in [6.45, 7) is 2.62. The Labute approximate surface area is 99.2 Å². The Morgan fingerprint density at radius 1 is 1.44 bits per heavy atom. The zero-order chi connectivity index (χ0) is 11.5. The smallest absolute Gasteiger partial charge is 0.122 e. The van der Waals surface area contributed by atoms with E-state index in [2.05, 4.69) is 5.32 Å². The standard InChI is InChI=1S/C12H13ClN2O/c1-8-5-11(14)10(13)6-12(8)15-7-9-3-2-4-16-9/h2-6,15H,7,14H2,1H3. The van der Waals surface area contributed by atoms with Crippen molar-refractivity contribution in [2.24, 2.45) is 0 Å². The summed E-state index contributed by atoms with van der Waals surface area (Å²) in [4.78, 5) is 0. The molecular formula is C12H13ClN2O. The van der Waals surface area contributed by atoms with Crippen molar-refractivity contribution in [2.45, 2.75) is 13.5 Å².